The fourth-order valence-electron chi connectivity index (χ4n) is 2.56. The van der Waals surface area contributed by atoms with Crippen LogP contribution in [-0.4, -0.2) is 64.3 Å². The molecule has 1 N–H and O–H groups in total. The Morgan fingerprint density at radius 1 is 1.08 bits per heavy atom. The van der Waals surface area contributed by atoms with E-state index in [1.54, 1.807) is 12.1 Å². The molecule has 3 rings (SSSR count). The Morgan fingerprint density at radius 2 is 1.75 bits per heavy atom. The van der Waals surface area contributed by atoms with Crippen LogP contribution in [0.1, 0.15) is 19.4 Å². The van der Waals surface area contributed by atoms with Crippen molar-refractivity contribution in [2.24, 2.45) is 0 Å². The molecule has 136 valence electrons. The molecule has 0 bridgehead atoms. The number of morpholine rings is 2. The summed E-state index contributed by atoms with van der Waals surface area (Å²) in [4.78, 5) is 0.359. The number of rotatable bonds is 2. The summed E-state index contributed by atoms with van der Waals surface area (Å²) in [5, 5.41) is 3.21. The number of nitrogens with zero attached hydrogens (tertiary/aromatic N) is 1. The Balaban J connectivity index is 0.000000249. The largest absolute Gasteiger partial charge is 0.376 e. The molecule has 0 radical (unpaired) electrons. The first-order valence-corrected chi connectivity index (χ1v) is 9.84. The predicted molar refractivity (Wildman–Crippen MR) is 93.6 cm³/mol. The molecule has 0 aliphatic carbocycles. The van der Waals surface area contributed by atoms with E-state index < -0.39 is 10.0 Å². The average molecular weight is 356 g/mol. The first-order valence-electron chi connectivity index (χ1n) is 8.40. The molecule has 2 aliphatic heterocycles. The smallest absolute Gasteiger partial charge is 0.243 e. The zero-order valence-corrected chi connectivity index (χ0v) is 15.5. The molecule has 2 atom stereocenters. The molecular formula is C17H28N2O4S. The van der Waals surface area contributed by atoms with Crippen LogP contribution in [0.3, 0.4) is 0 Å². The molecule has 2 aliphatic rings. The topological polar surface area (TPSA) is 67.9 Å². The zero-order valence-electron chi connectivity index (χ0n) is 14.7. The van der Waals surface area contributed by atoms with Gasteiger partial charge < -0.3 is 14.8 Å². The van der Waals surface area contributed by atoms with E-state index in [1.165, 1.54) is 4.31 Å². The number of aryl methyl sites for hydroxylation is 1. The summed E-state index contributed by atoms with van der Waals surface area (Å²) in [7, 11) is -3.36. The monoisotopic (exact) mass is 356 g/mol. The molecule has 0 saturated carbocycles. The van der Waals surface area contributed by atoms with Crippen molar-refractivity contribution >= 4 is 10.0 Å². The quantitative estimate of drug-likeness (QED) is 0.868. The maximum atomic E-state index is 12.3. The van der Waals surface area contributed by atoms with E-state index in [-0.39, 0.29) is 6.10 Å². The highest BCUT2D eigenvalue weighted by molar-refractivity contribution is 7.89. The second kappa shape index (κ2) is 8.92. The van der Waals surface area contributed by atoms with Crippen LogP contribution in [-0.2, 0) is 19.5 Å². The van der Waals surface area contributed by atoms with E-state index in [1.807, 2.05) is 26.0 Å². The highest BCUT2D eigenvalue weighted by Gasteiger charge is 2.28. The van der Waals surface area contributed by atoms with E-state index in [4.69, 9.17) is 9.47 Å². The van der Waals surface area contributed by atoms with E-state index in [0.717, 1.165) is 25.3 Å². The number of hydrogen-bond donors (Lipinski definition) is 1. The van der Waals surface area contributed by atoms with Gasteiger partial charge in [-0.1, -0.05) is 17.7 Å². The van der Waals surface area contributed by atoms with E-state index in [9.17, 15) is 8.42 Å². The molecule has 0 spiro atoms. The van der Waals surface area contributed by atoms with Crippen molar-refractivity contribution in [1.82, 2.24) is 9.62 Å². The van der Waals surface area contributed by atoms with Crippen molar-refractivity contribution in [2.75, 3.05) is 39.4 Å². The lowest BCUT2D eigenvalue weighted by atomic mass is 10.2. The van der Waals surface area contributed by atoms with E-state index in [0.29, 0.717) is 30.7 Å². The molecule has 1 aromatic carbocycles. The lowest BCUT2D eigenvalue weighted by molar-refractivity contribution is 0.0102. The second-order valence-corrected chi connectivity index (χ2v) is 8.18. The fourth-order valence-corrected chi connectivity index (χ4v) is 4.06. The van der Waals surface area contributed by atoms with Crippen LogP contribution in [0.2, 0.25) is 0 Å². The normalized spacial score (nSPS) is 25.6. The molecule has 7 heteroatoms. The summed E-state index contributed by atoms with van der Waals surface area (Å²) < 4.78 is 36.7. The maximum absolute atomic E-state index is 12.3. The molecular weight excluding hydrogens is 328 g/mol. The van der Waals surface area contributed by atoms with Crippen molar-refractivity contribution in [3.63, 3.8) is 0 Å². The number of nitrogens with one attached hydrogen (secondary N) is 1. The zero-order chi connectivity index (χ0) is 17.6. The number of ether oxygens (including phenoxy) is 2. The minimum atomic E-state index is -3.36. The Kier molecular flexibility index (Phi) is 7.18. The summed E-state index contributed by atoms with van der Waals surface area (Å²) in [5.74, 6) is 0. The van der Waals surface area contributed by atoms with Gasteiger partial charge in [0.2, 0.25) is 10.0 Å². The van der Waals surface area contributed by atoms with Crippen LogP contribution in [0, 0.1) is 6.92 Å². The summed E-state index contributed by atoms with van der Waals surface area (Å²) in [6.45, 7) is 10.1. The van der Waals surface area contributed by atoms with Crippen LogP contribution in [0.5, 0.6) is 0 Å². The first kappa shape index (κ1) is 19.3. The van der Waals surface area contributed by atoms with Gasteiger partial charge in [0.15, 0.2) is 0 Å². The number of benzene rings is 1. The van der Waals surface area contributed by atoms with Gasteiger partial charge in [-0.05, 0) is 32.9 Å². The van der Waals surface area contributed by atoms with Crippen molar-refractivity contribution in [3.8, 4) is 0 Å². The fraction of sp³-hybridized carbons (Fsp3) is 0.647. The standard InChI is InChI=1S/C12H17NO3S.C5H11NO/c1-10-3-5-12(6-4-10)17(14,15)13-7-8-16-11(2)9-13;1-5-4-6-2-3-7-5/h3-6,11H,7-9H2,1-2H3;5-6H,2-4H2,1H3. The number of hydrogen-bond acceptors (Lipinski definition) is 5. The van der Waals surface area contributed by atoms with Crippen molar-refractivity contribution in [2.45, 2.75) is 37.9 Å². The molecule has 0 amide bonds. The molecule has 2 unspecified atom stereocenters. The molecule has 2 saturated heterocycles. The van der Waals surface area contributed by atoms with Gasteiger partial charge in [0.25, 0.3) is 0 Å². The molecule has 2 heterocycles. The van der Waals surface area contributed by atoms with Crippen molar-refractivity contribution < 1.29 is 17.9 Å². The summed E-state index contributed by atoms with van der Waals surface area (Å²) in [5.41, 5.74) is 1.05. The first-order chi connectivity index (χ1) is 11.4. The maximum Gasteiger partial charge on any atom is 0.243 e. The number of sulfonamides is 1. The van der Waals surface area contributed by atoms with Crippen LogP contribution >= 0.6 is 0 Å². The van der Waals surface area contributed by atoms with Crippen molar-refractivity contribution in [1.29, 1.82) is 0 Å². The second-order valence-electron chi connectivity index (χ2n) is 6.24. The van der Waals surface area contributed by atoms with Crippen LogP contribution < -0.4 is 5.32 Å². The Labute approximate surface area is 145 Å². The SMILES string of the molecule is CC1CNCCO1.Cc1ccc(S(=O)(=O)N2CCOC(C)C2)cc1. The highest BCUT2D eigenvalue weighted by atomic mass is 32.2. The van der Waals surface area contributed by atoms with Crippen LogP contribution in [0.25, 0.3) is 0 Å². The van der Waals surface area contributed by atoms with Crippen LogP contribution in [0.15, 0.2) is 29.2 Å². The third-order valence-corrected chi connectivity index (χ3v) is 5.85. The Bertz CT molecular complexity index is 598. The predicted octanol–water partition coefficient (Wildman–Crippen LogP) is 1.40. The molecule has 6 nitrogen and oxygen atoms in total. The van der Waals surface area contributed by atoms with Crippen molar-refractivity contribution in [3.05, 3.63) is 29.8 Å². The van der Waals surface area contributed by atoms with Gasteiger partial charge >= 0.3 is 0 Å². The Hall–Kier alpha value is -0.990. The highest BCUT2D eigenvalue weighted by Crippen LogP contribution is 2.18. The summed E-state index contributed by atoms with van der Waals surface area (Å²) in [6.07, 6.45) is 0.387. The Morgan fingerprint density at radius 3 is 2.25 bits per heavy atom. The summed E-state index contributed by atoms with van der Waals surface area (Å²) >= 11 is 0. The van der Waals surface area contributed by atoms with Gasteiger partial charge in [0, 0.05) is 26.2 Å². The molecule has 0 aromatic heterocycles. The molecule has 24 heavy (non-hydrogen) atoms. The van der Waals surface area contributed by atoms with Gasteiger partial charge in [-0.15, -0.1) is 0 Å². The summed E-state index contributed by atoms with van der Waals surface area (Å²) in [6, 6.07) is 6.95. The van der Waals surface area contributed by atoms with Gasteiger partial charge in [-0.25, -0.2) is 8.42 Å². The van der Waals surface area contributed by atoms with Gasteiger partial charge in [0.1, 0.15) is 0 Å². The lowest BCUT2D eigenvalue weighted by Gasteiger charge is -2.30. The van der Waals surface area contributed by atoms with E-state index in [2.05, 4.69) is 12.2 Å². The molecule has 2 fully saturated rings. The van der Waals surface area contributed by atoms with Gasteiger partial charge in [-0.2, -0.15) is 4.31 Å². The van der Waals surface area contributed by atoms with Gasteiger partial charge in [-0.3, -0.25) is 0 Å². The minimum absolute atomic E-state index is 0.0380. The average Bonchev–Trinajstić information content (AvgIpc) is 2.56. The third kappa shape index (κ3) is 5.53. The third-order valence-electron chi connectivity index (χ3n) is 3.98. The lowest BCUT2D eigenvalue weighted by Crippen LogP contribution is -2.44. The minimum Gasteiger partial charge on any atom is -0.376 e. The van der Waals surface area contributed by atoms with Crippen LogP contribution in [0.4, 0.5) is 0 Å². The van der Waals surface area contributed by atoms with E-state index >= 15 is 0 Å². The van der Waals surface area contributed by atoms with Gasteiger partial charge in [0.05, 0.1) is 30.3 Å². The molecule has 1 aromatic rings.